The molecule has 1 atom stereocenters. The molecule has 4 heteroatoms. The van der Waals surface area contributed by atoms with Gasteiger partial charge in [0.05, 0.1) is 11.1 Å². The van der Waals surface area contributed by atoms with E-state index in [4.69, 9.17) is 11.6 Å². The lowest BCUT2D eigenvalue weighted by atomic mass is 9.91. The van der Waals surface area contributed by atoms with Crippen LogP contribution in [0.3, 0.4) is 0 Å². The summed E-state index contributed by atoms with van der Waals surface area (Å²) < 4.78 is 13.3. The summed E-state index contributed by atoms with van der Waals surface area (Å²) >= 11 is 6.00. The molecule has 0 amide bonds. The lowest BCUT2D eigenvalue weighted by Gasteiger charge is -2.25. The standard InChI is InChI=1S/C16H13ClFNO/c17-14-6-5-12(18)8-13(14)16(20)15-7-10-3-1-2-4-11(10)9-19-15/h1-6,8,15,19H,7,9H2. The minimum Gasteiger partial charge on any atom is -0.303 e. The molecule has 1 unspecified atom stereocenters. The van der Waals surface area contributed by atoms with Crippen LogP contribution in [0.15, 0.2) is 42.5 Å². The molecule has 0 saturated heterocycles. The highest BCUT2D eigenvalue weighted by molar-refractivity contribution is 6.34. The number of halogens is 2. The Kier molecular flexibility index (Phi) is 3.55. The summed E-state index contributed by atoms with van der Waals surface area (Å²) in [6.07, 6.45) is 0.599. The molecular weight excluding hydrogens is 277 g/mol. The Hall–Kier alpha value is -1.71. The first-order chi connectivity index (χ1) is 9.65. The van der Waals surface area contributed by atoms with Gasteiger partial charge in [-0.25, -0.2) is 4.39 Å². The third-order valence-electron chi connectivity index (χ3n) is 3.59. The Bertz CT molecular complexity index is 671. The number of rotatable bonds is 2. The van der Waals surface area contributed by atoms with E-state index in [2.05, 4.69) is 5.32 Å². The number of carbonyl (C=O) groups is 1. The lowest BCUT2D eigenvalue weighted by molar-refractivity contribution is 0.0937. The van der Waals surface area contributed by atoms with Crippen molar-refractivity contribution in [1.82, 2.24) is 5.32 Å². The van der Waals surface area contributed by atoms with Gasteiger partial charge in [-0.1, -0.05) is 35.9 Å². The van der Waals surface area contributed by atoms with Gasteiger partial charge in [0.1, 0.15) is 5.82 Å². The zero-order chi connectivity index (χ0) is 14.1. The van der Waals surface area contributed by atoms with Crippen LogP contribution >= 0.6 is 11.6 Å². The van der Waals surface area contributed by atoms with Crippen LogP contribution in [0.2, 0.25) is 5.02 Å². The predicted molar refractivity (Wildman–Crippen MR) is 76.5 cm³/mol. The SMILES string of the molecule is O=C(c1cc(F)ccc1Cl)C1Cc2ccccc2CN1. The Labute approximate surface area is 121 Å². The number of fused-ring (bicyclic) bond motifs is 1. The average Bonchev–Trinajstić information content (AvgIpc) is 2.48. The molecule has 0 aliphatic carbocycles. The van der Waals surface area contributed by atoms with Gasteiger partial charge < -0.3 is 5.32 Å². The smallest absolute Gasteiger partial charge is 0.181 e. The van der Waals surface area contributed by atoms with E-state index in [1.807, 2.05) is 24.3 Å². The highest BCUT2D eigenvalue weighted by Crippen LogP contribution is 2.23. The molecule has 20 heavy (non-hydrogen) atoms. The minimum atomic E-state index is -0.450. The van der Waals surface area contributed by atoms with Gasteiger partial charge in [0.2, 0.25) is 0 Å². The monoisotopic (exact) mass is 289 g/mol. The van der Waals surface area contributed by atoms with E-state index in [-0.39, 0.29) is 22.4 Å². The van der Waals surface area contributed by atoms with Crippen LogP contribution in [-0.2, 0) is 13.0 Å². The number of Topliss-reactive ketones (excluding diaryl/α,β-unsaturated/α-hetero) is 1. The molecule has 0 spiro atoms. The number of hydrogen-bond acceptors (Lipinski definition) is 2. The lowest BCUT2D eigenvalue weighted by Crippen LogP contribution is -2.41. The molecule has 0 radical (unpaired) electrons. The number of hydrogen-bond donors (Lipinski definition) is 1. The second-order valence-electron chi connectivity index (χ2n) is 4.89. The molecule has 0 fully saturated rings. The normalized spacial score (nSPS) is 17.6. The van der Waals surface area contributed by atoms with E-state index in [0.717, 1.165) is 5.56 Å². The summed E-state index contributed by atoms with van der Waals surface area (Å²) in [6, 6.07) is 11.5. The fourth-order valence-corrected chi connectivity index (χ4v) is 2.72. The van der Waals surface area contributed by atoms with Crippen LogP contribution in [0.4, 0.5) is 4.39 Å². The van der Waals surface area contributed by atoms with E-state index >= 15 is 0 Å². The summed E-state index contributed by atoms with van der Waals surface area (Å²) in [6.45, 7) is 0.638. The highest BCUT2D eigenvalue weighted by atomic mass is 35.5. The predicted octanol–water partition coefficient (Wildman–Crippen LogP) is 3.38. The Morgan fingerprint density at radius 1 is 1.20 bits per heavy atom. The fourth-order valence-electron chi connectivity index (χ4n) is 2.51. The Morgan fingerprint density at radius 3 is 2.75 bits per heavy atom. The third-order valence-corrected chi connectivity index (χ3v) is 3.92. The highest BCUT2D eigenvalue weighted by Gasteiger charge is 2.26. The zero-order valence-electron chi connectivity index (χ0n) is 10.7. The van der Waals surface area contributed by atoms with Crippen LogP contribution in [0.1, 0.15) is 21.5 Å². The van der Waals surface area contributed by atoms with Crippen LogP contribution in [0.5, 0.6) is 0 Å². The van der Waals surface area contributed by atoms with Gasteiger partial charge >= 0.3 is 0 Å². The van der Waals surface area contributed by atoms with Crippen molar-refractivity contribution in [2.45, 2.75) is 19.0 Å². The van der Waals surface area contributed by atoms with Gasteiger partial charge in [-0.3, -0.25) is 4.79 Å². The number of carbonyl (C=O) groups excluding carboxylic acids is 1. The first-order valence-corrected chi connectivity index (χ1v) is 6.82. The first kappa shape index (κ1) is 13.3. The molecule has 102 valence electrons. The molecule has 0 bridgehead atoms. The second kappa shape index (κ2) is 5.35. The summed E-state index contributed by atoms with van der Waals surface area (Å²) in [5.74, 6) is -0.613. The van der Waals surface area contributed by atoms with Crippen molar-refractivity contribution in [1.29, 1.82) is 0 Å². The van der Waals surface area contributed by atoms with Gasteiger partial charge in [-0.15, -0.1) is 0 Å². The summed E-state index contributed by atoms with van der Waals surface area (Å²) in [5, 5.41) is 3.48. The molecule has 1 aliphatic rings. The molecule has 2 aromatic carbocycles. The summed E-state index contributed by atoms with van der Waals surface area (Å²) in [7, 11) is 0. The van der Waals surface area contributed by atoms with Crippen molar-refractivity contribution in [3.8, 4) is 0 Å². The Balaban J connectivity index is 1.88. The quantitative estimate of drug-likeness (QED) is 0.859. The number of nitrogens with one attached hydrogen (secondary N) is 1. The van der Waals surface area contributed by atoms with Crippen molar-refractivity contribution in [3.05, 3.63) is 70.0 Å². The second-order valence-corrected chi connectivity index (χ2v) is 5.30. The molecular formula is C16H13ClFNO. The number of benzene rings is 2. The average molecular weight is 290 g/mol. The van der Waals surface area contributed by atoms with E-state index in [1.165, 1.54) is 23.8 Å². The van der Waals surface area contributed by atoms with E-state index < -0.39 is 5.82 Å². The van der Waals surface area contributed by atoms with Gasteiger partial charge in [0, 0.05) is 12.1 Å². The number of ketones is 1. The first-order valence-electron chi connectivity index (χ1n) is 6.44. The maximum absolute atomic E-state index is 13.3. The molecule has 1 N–H and O–H groups in total. The van der Waals surface area contributed by atoms with Crippen molar-refractivity contribution in [3.63, 3.8) is 0 Å². The van der Waals surface area contributed by atoms with Crippen molar-refractivity contribution < 1.29 is 9.18 Å². The molecule has 0 saturated carbocycles. The summed E-state index contributed by atoms with van der Waals surface area (Å²) in [5.41, 5.74) is 2.59. The largest absolute Gasteiger partial charge is 0.303 e. The van der Waals surface area contributed by atoms with Gasteiger partial charge in [-0.2, -0.15) is 0 Å². The molecule has 2 aromatic rings. The van der Waals surface area contributed by atoms with E-state index in [0.29, 0.717) is 13.0 Å². The topological polar surface area (TPSA) is 29.1 Å². The molecule has 1 heterocycles. The molecule has 2 nitrogen and oxygen atoms in total. The van der Waals surface area contributed by atoms with E-state index in [9.17, 15) is 9.18 Å². The van der Waals surface area contributed by atoms with Crippen LogP contribution in [0.25, 0.3) is 0 Å². The van der Waals surface area contributed by atoms with Crippen molar-refractivity contribution >= 4 is 17.4 Å². The van der Waals surface area contributed by atoms with Gasteiger partial charge in [0.25, 0.3) is 0 Å². The molecule has 1 aliphatic heterocycles. The van der Waals surface area contributed by atoms with Gasteiger partial charge in [-0.05, 0) is 35.7 Å². The Morgan fingerprint density at radius 2 is 1.95 bits per heavy atom. The summed E-state index contributed by atoms with van der Waals surface area (Å²) in [4.78, 5) is 12.5. The molecule has 0 aromatic heterocycles. The van der Waals surface area contributed by atoms with Crippen molar-refractivity contribution in [2.24, 2.45) is 0 Å². The third kappa shape index (κ3) is 2.47. The van der Waals surface area contributed by atoms with Crippen LogP contribution in [0, 0.1) is 5.82 Å². The van der Waals surface area contributed by atoms with Gasteiger partial charge in [0.15, 0.2) is 5.78 Å². The fraction of sp³-hybridized carbons (Fsp3) is 0.188. The van der Waals surface area contributed by atoms with E-state index in [1.54, 1.807) is 0 Å². The van der Waals surface area contributed by atoms with Crippen LogP contribution < -0.4 is 5.32 Å². The van der Waals surface area contributed by atoms with Crippen LogP contribution in [-0.4, -0.2) is 11.8 Å². The zero-order valence-corrected chi connectivity index (χ0v) is 11.5. The molecule has 3 rings (SSSR count). The maximum Gasteiger partial charge on any atom is 0.181 e. The minimum absolute atomic E-state index is 0.163. The van der Waals surface area contributed by atoms with Crippen molar-refractivity contribution in [2.75, 3.05) is 0 Å². The maximum atomic E-state index is 13.3.